The van der Waals surface area contributed by atoms with Gasteiger partial charge in [-0.2, -0.15) is 0 Å². The summed E-state index contributed by atoms with van der Waals surface area (Å²) >= 11 is 0. The van der Waals surface area contributed by atoms with Gasteiger partial charge < -0.3 is 50.7 Å². The van der Waals surface area contributed by atoms with Gasteiger partial charge in [-0.25, -0.2) is 4.79 Å². The van der Waals surface area contributed by atoms with E-state index in [4.69, 9.17) is 29.4 Å². The lowest BCUT2D eigenvalue weighted by Gasteiger charge is -2.29. The maximum atomic E-state index is 14.1. The van der Waals surface area contributed by atoms with Crippen LogP contribution in [0.5, 0.6) is 0 Å². The van der Waals surface area contributed by atoms with E-state index < -0.39 is 112 Å². The molecule has 0 heterocycles. The van der Waals surface area contributed by atoms with E-state index >= 15 is 0 Å². The van der Waals surface area contributed by atoms with Crippen molar-refractivity contribution in [1.29, 1.82) is 0 Å². The molecule has 0 fully saturated rings. The molecule has 0 radical (unpaired) electrons. The number of hydrogen-bond acceptors (Lipinski definition) is 14. The molecule has 18 heteroatoms. The molecule has 0 aromatic heterocycles. The topological polar surface area (TPSA) is 257 Å². The zero-order chi connectivity index (χ0) is 45.6. The number of amides is 4. The summed E-state index contributed by atoms with van der Waals surface area (Å²) in [5, 5.41) is 9.92. The van der Waals surface area contributed by atoms with Gasteiger partial charge in [0.05, 0.1) is 24.7 Å². The maximum absolute atomic E-state index is 14.1. The predicted octanol–water partition coefficient (Wildman–Crippen LogP) is 2.41. The highest BCUT2D eigenvalue weighted by atomic mass is 16.6. The van der Waals surface area contributed by atoms with Crippen LogP contribution < -0.4 is 27.0 Å². The van der Waals surface area contributed by atoms with Crippen LogP contribution in [0.25, 0.3) is 0 Å². The fourth-order valence-electron chi connectivity index (χ4n) is 4.60. The van der Waals surface area contributed by atoms with E-state index in [-0.39, 0.29) is 32.3 Å². The van der Waals surface area contributed by atoms with Crippen LogP contribution in [0.4, 0.5) is 0 Å². The van der Waals surface area contributed by atoms with Crippen molar-refractivity contribution in [3.8, 4) is 0 Å². The predicted molar refractivity (Wildman–Crippen MR) is 214 cm³/mol. The standard InChI is InChI=1S/C40H71N5O13/c1-23(41)31(49)42-24(17-19-28(46)55-37(5,6)7)32(50)44-26(21-30(48)57-39(11,12)13)34(52)43-25(18-20-29(47)56-38(8,9)10)33(51)45-27(22-54-36(2,3)4)35(53)58-40(14,15)16/h23-27H,17-22,41H2,1-16H3,(H,42,49)(H,43,52)(H,44,50)(H,45,51)/t23-,24-,25-,26-,27-/m0/s1. The number of nitrogens with two attached hydrogens (primary N) is 1. The number of esters is 4. The zero-order valence-corrected chi connectivity index (χ0v) is 37.5. The quantitative estimate of drug-likeness (QED) is 0.0926. The Hall–Kier alpha value is -4.32. The molecule has 5 atom stereocenters. The summed E-state index contributed by atoms with van der Waals surface area (Å²) in [7, 11) is 0. The van der Waals surface area contributed by atoms with Gasteiger partial charge in [0.25, 0.3) is 0 Å². The van der Waals surface area contributed by atoms with Gasteiger partial charge in [-0.1, -0.05) is 0 Å². The zero-order valence-electron chi connectivity index (χ0n) is 37.5. The molecule has 58 heavy (non-hydrogen) atoms. The average molecular weight is 830 g/mol. The van der Waals surface area contributed by atoms with Crippen molar-refractivity contribution in [2.24, 2.45) is 5.73 Å². The molecule has 0 aliphatic carbocycles. The summed E-state index contributed by atoms with van der Waals surface area (Å²) in [5.74, 6) is -6.80. The van der Waals surface area contributed by atoms with E-state index in [1.807, 2.05) is 0 Å². The third-order valence-corrected chi connectivity index (χ3v) is 6.91. The lowest BCUT2D eigenvalue weighted by atomic mass is 10.1. The molecule has 18 nitrogen and oxygen atoms in total. The molecule has 0 aromatic carbocycles. The minimum absolute atomic E-state index is 0.274. The first kappa shape index (κ1) is 53.7. The van der Waals surface area contributed by atoms with Crippen LogP contribution in [0, 0.1) is 0 Å². The van der Waals surface area contributed by atoms with Crippen LogP contribution in [-0.4, -0.2) is 112 Å². The van der Waals surface area contributed by atoms with Crippen LogP contribution >= 0.6 is 0 Å². The summed E-state index contributed by atoms with van der Waals surface area (Å²) in [6.45, 7) is 25.9. The Bertz CT molecular complexity index is 1440. The van der Waals surface area contributed by atoms with Crippen molar-refractivity contribution in [1.82, 2.24) is 21.3 Å². The highest BCUT2D eigenvalue weighted by Crippen LogP contribution is 2.16. The fourth-order valence-corrected chi connectivity index (χ4v) is 4.60. The number of carbonyl (C=O) groups excluding carboxylic acids is 8. The molecule has 0 aromatic rings. The molecule has 0 bridgehead atoms. The Kier molecular flexibility index (Phi) is 20.5. The van der Waals surface area contributed by atoms with Crippen LogP contribution in [0.1, 0.15) is 143 Å². The molecular formula is C40H71N5O13. The minimum atomic E-state index is -1.72. The van der Waals surface area contributed by atoms with E-state index in [0.29, 0.717) is 0 Å². The van der Waals surface area contributed by atoms with Crippen molar-refractivity contribution in [3.63, 3.8) is 0 Å². The summed E-state index contributed by atoms with van der Waals surface area (Å²) < 4.78 is 27.4. The van der Waals surface area contributed by atoms with Gasteiger partial charge >= 0.3 is 23.9 Å². The van der Waals surface area contributed by atoms with Gasteiger partial charge in [-0.3, -0.25) is 33.6 Å². The second-order valence-electron chi connectivity index (χ2n) is 19.0. The van der Waals surface area contributed by atoms with Crippen molar-refractivity contribution < 1.29 is 62.0 Å². The maximum Gasteiger partial charge on any atom is 0.331 e. The number of hydrogen-bond donors (Lipinski definition) is 5. The largest absolute Gasteiger partial charge is 0.460 e. The summed E-state index contributed by atoms with van der Waals surface area (Å²) in [5.41, 5.74) is 1.35. The first-order valence-corrected chi connectivity index (χ1v) is 19.5. The number of carbonyl (C=O) groups is 8. The first-order valence-electron chi connectivity index (χ1n) is 19.5. The van der Waals surface area contributed by atoms with Gasteiger partial charge in [0.2, 0.25) is 23.6 Å². The number of ether oxygens (including phenoxy) is 5. The molecule has 0 rings (SSSR count). The average Bonchev–Trinajstić information content (AvgIpc) is 2.98. The highest BCUT2D eigenvalue weighted by Gasteiger charge is 2.36. The lowest BCUT2D eigenvalue weighted by Crippen LogP contribution is -2.59. The smallest absolute Gasteiger partial charge is 0.331 e. The number of nitrogens with one attached hydrogen (secondary N) is 4. The Balaban J connectivity index is 6.88. The van der Waals surface area contributed by atoms with Crippen molar-refractivity contribution >= 4 is 47.5 Å². The van der Waals surface area contributed by atoms with Gasteiger partial charge in [-0.15, -0.1) is 0 Å². The molecule has 0 unspecified atom stereocenters. The molecule has 0 spiro atoms. The molecule has 0 saturated heterocycles. The number of rotatable bonds is 19. The van der Waals surface area contributed by atoms with E-state index in [9.17, 15) is 38.4 Å². The van der Waals surface area contributed by atoms with Gasteiger partial charge in [0.15, 0.2) is 6.04 Å². The van der Waals surface area contributed by atoms with E-state index in [1.165, 1.54) is 6.92 Å². The Labute approximate surface area is 343 Å². The monoisotopic (exact) mass is 830 g/mol. The van der Waals surface area contributed by atoms with E-state index in [0.717, 1.165) is 0 Å². The Morgan fingerprint density at radius 2 is 0.776 bits per heavy atom. The van der Waals surface area contributed by atoms with Gasteiger partial charge in [-0.05, 0) is 124 Å². The summed E-state index contributed by atoms with van der Waals surface area (Å²) in [6, 6.07) is -7.10. The van der Waals surface area contributed by atoms with Crippen LogP contribution in [0.15, 0.2) is 0 Å². The molecule has 4 amide bonds. The first-order chi connectivity index (χ1) is 26.0. The second kappa shape index (κ2) is 22.2. The molecule has 0 saturated carbocycles. The third kappa shape index (κ3) is 25.8. The Morgan fingerprint density at radius 3 is 1.14 bits per heavy atom. The van der Waals surface area contributed by atoms with Crippen LogP contribution in [0.3, 0.4) is 0 Å². The fraction of sp³-hybridized carbons (Fsp3) is 0.800. The van der Waals surface area contributed by atoms with E-state index in [1.54, 1.807) is 104 Å². The summed E-state index contributed by atoms with van der Waals surface area (Å²) in [6.07, 6.45) is -2.05. The normalized spacial score (nSPS) is 15.0. The lowest BCUT2D eigenvalue weighted by molar-refractivity contribution is -0.162. The third-order valence-electron chi connectivity index (χ3n) is 6.91. The molecule has 0 aliphatic rings. The molecule has 0 aliphatic heterocycles. The van der Waals surface area contributed by atoms with Crippen molar-refractivity contribution in [3.05, 3.63) is 0 Å². The minimum Gasteiger partial charge on any atom is -0.460 e. The molecule has 334 valence electrons. The highest BCUT2D eigenvalue weighted by molar-refractivity contribution is 5.97. The van der Waals surface area contributed by atoms with Crippen molar-refractivity contribution in [2.75, 3.05) is 6.61 Å². The summed E-state index contributed by atoms with van der Waals surface area (Å²) in [4.78, 5) is 106. The Morgan fingerprint density at radius 1 is 0.448 bits per heavy atom. The SMILES string of the molecule is C[C@H](N)C(=O)N[C@@H](CCC(=O)OC(C)(C)C)C(=O)N[C@@H](CC(=O)OC(C)(C)C)C(=O)N[C@@H](CCC(=O)OC(C)(C)C)C(=O)N[C@@H](COC(C)(C)C)C(=O)OC(C)(C)C. The molecule has 6 N–H and O–H groups in total. The van der Waals surface area contributed by atoms with Gasteiger partial charge in [0.1, 0.15) is 40.5 Å². The molecular weight excluding hydrogens is 758 g/mol. The van der Waals surface area contributed by atoms with Gasteiger partial charge in [0, 0.05) is 12.8 Å². The van der Waals surface area contributed by atoms with Crippen LogP contribution in [0.2, 0.25) is 0 Å². The van der Waals surface area contributed by atoms with Crippen LogP contribution in [-0.2, 0) is 62.0 Å². The van der Waals surface area contributed by atoms with E-state index in [2.05, 4.69) is 21.3 Å². The van der Waals surface area contributed by atoms with Crippen molar-refractivity contribution in [2.45, 2.75) is 201 Å². The second-order valence-corrected chi connectivity index (χ2v) is 19.0.